The average molecular weight is 385 g/mol. The van der Waals surface area contributed by atoms with Gasteiger partial charge in [-0.1, -0.05) is 24.4 Å². The maximum absolute atomic E-state index is 5.80. The molecule has 6 heteroatoms. The summed E-state index contributed by atoms with van der Waals surface area (Å²) in [4.78, 5) is 3.91. The Kier molecular flexibility index (Phi) is 6.17. The maximum Gasteiger partial charge on any atom is 0.129 e. The molecule has 0 amide bonds. The number of thiophene rings is 1. The molecule has 0 bridgehead atoms. The van der Waals surface area contributed by atoms with E-state index in [1.54, 1.807) is 11.3 Å². The van der Waals surface area contributed by atoms with Crippen LogP contribution in [0.25, 0.3) is 0 Å². The van der Waals surface area contributed by atoms with Crippen LogP contribution in [0.2, 0.25) is 0 Å². The van der Waals surface area contributed by atoms with Gasteiger partial charge in [0.2, 0.25) is 0 Å². The van der Waals surface area contributed by atoms with Crippen molar-refractivity contribution >= 4 is 44.5 Å². The molecule has 112 valence electrons. The molecule has 0 radical (unpaired) electrons. The van der Waals surface area contributed by atoms with Gasteiger partial charge in [0.15, 0.2) is 0 Å². The Hall–Kier alpha value is -0.950. The van der Waals surface area contributed by atoms with Crippen LogP contribution >= 0.6 is 39.5 Å². The Morgan fingerprint density at radius 1 is 1.43 bits per heavy atom. The molecule has 0 aliphatic heterocycles. The zero-order valence-corrected chi connectivity index (χ0v) is 14.9. The minimum absolute atomic E-state index is 0.363. The van der Waals surface area contributed by atoms with E-state index in [-0.39, 0.29) is 0 Å². The summed E-state index contributed by atoms with van der Waals surface area (Å²) < 4.78 is 6.93. The van der Waals surface area contributed by atoms with E-state index in [1.807, 2.05) is 24.3 Å². The summed E-state index contributed by atoms with van der Waals surface area (Å²) in [6, 6.07) is 9.74. The predicted octanol–water partition coefficient (Wildman–Crippen LogP) is 3.66. The Balaban J connectivity index is 1.83. The lowest BCUT2D eigenvalue weighted by molar-refractivity contribution is 0.233. The number of halogens is 1. The average Bonchev–Trinajstić information content (AvgIpc) is 2.84. The van der Waals surface area contributed by atoms with Crippen molar-refractivity contribution < 1.29 is 4.74 Å². The van der Waals surface area contributed by atoms with Crippen LogP contribution in [0.4, 0.5) is 0 Å². The van der Waals surface area contributed by atoms with Crippen molar-refractivity contribution in [3.8, 4) is 5.75 Å². The highest BCUT2D eigenvalue weighted by Gasteiger charge is 2.07. The lowest BCUT2D eigenvalue weighted by Gasteiger charge is -2.17. The van der Waals surface area contributed by atoms with E-state index < -0.39 is 0 Å². The standard InChI is InChI=1S/C15H17BrN2OS2/c1-18(9-12-8-11(16)10-21-12)6-7-19-14-5-3-2-4-13(14)15(17)20/h2-5,8,10H,6-7,9H2,1H3,(H2,17,20). The Morgan fingerprint density at radius 2 is 2.19 bits per heavy atom. The van der Waals surface area contributed by atoms with Gasteiger partial charge in [-0.05, 0) is 41.2 Å². The molecule has 1 aromatic heterocycles. The van der Waals surface area contributed by atoms with Crippen molar-refractivity contribution in [2.45, 2.75) is 6.54 Å². The Bertz CT molecular complexity index is 615. The van der Waals surface area contributed by atoms with Gasteiger partial charge in [-0.2, -0.15) is 0 Å². The normalized spacial score (nSPS) is 10.8. The van der Waals surface area contributed by atoms with Crippen molar-refractivity contribution in [3.05, 3.63) is 50.6 Å². The van der Waals surface area contributed by atoms with Crippen LogP contribution in [0.5, 0.6) is 5.75 Å². The highest BCUT2D eigenvalue weighted by Crippen LogP contribution is 2.21. The van der Waals surface area contributed by atoms with Gasteiger partial charge in [-0.3, -0.25) is 4.90 Å². The molecule has 2 N–H and O–H groups in total. The molecule has 2 rings (SSSR count). The molecule has 0 aliphatic rings. The van der Waals surface area contributed by atoms with Crippen molar-refractivity contribution in [1.29, 1.82) is 0 Å². The number of hydrogen-bond donors (Lipinski definition) is 1. The number of nitrogens with zero attached hydrogens (tertiary/aromatic N) is 1. The molecular formula is C15H17BrN2OS2. The predicted molar refractivity (Wildman–Crippen MR) is 96.2 cm³/mol. The van der Waals surface area contributed by atoms with Crippen LogP contribution in [-0.2, 0) is 6.54 Å². The van der Waals surface area contributed by atoms with E-state index in [0.717, 1.165) is 28.9 Å². The molecule has 1 heterocycles. The quantitative estimate of drug-likeness (QED) is 0.739. The van der Waals surface area contributed by atoms with Crippen LogP contribution in [0.15, 0.2) is 40.2 Å². The molecule has 2 aromatic rings. The molecule has 0 fully saturated rings. The zero-order valence-electron chi connectivity index (χ0n) is 11.7. The minimum atomic E-state index is 0.363. The highest BCUT2D eigenvalue weighted by molar-refractivity contribution is 9.10. The van der Waals surface area contributed by atoms with Crippen LogP contribution in [-0.4, -0.2) is 30.1 Å². The molecule has 0 aliphatic carbocycles. The van der Waals surface area contributed by atoms with Crippen LogP contribution in [0, 0.1) is 0 Å². The molecular weight excluding hydrogens is 368 g/mol. The van der Waals surface area contributed by atoms with E-state index in [9.17, 15) is 0 Å². The summed E-state index contributed by atoms with van der Waals surface area (Å²) >= 11 is 10.2. The third-order valence-corrected chi connectivity index (χ3v) is 4.83. The van der Waals surface area contributed by atoms with Crippen LogP contribution in [0.1, 0.15) is 10.4 Å². The molecule has 3 nitrogen and oxygen atoms in total. The number of likely N-dealkylation sites (N-methyl/N-ethyl adjacent to an activating group) is 1. The summed E-state index contributed by atoms with van der Waals surface area (Å²) in [6.07, 6.45) is 0. The van der Waals surface area contributed by atoms with Gasteiger partial charge >= 0.3 is 0 Å². The lowest BCUT2D eigenvalue weighted by atomic mass is 10.2. The SMILES string of the molecule is CN(CCOc1ccccc1C(N)=S)Cc1cc(Br)cs1. The largest absolute Gasteiger partial charge is 0.492 e. The Morgan fingerprint density at radius 3 is 2.86 bits per heavy atom. The van der Waals surface area contributed by atoms with Crippen molar-refractivity contribution in [1.82, 2.24) is 4.90 Å². The number of thiocarbonyl (C=S) groups is 1. The summed E-state index contributed by atoms with van der Waals surface area (Å²) in [6.45, 7) is 2.35. The van der Waals surface area contributed by atoms with Gasteiger partial charge in [0.1, 0.15) is 17.3 Å². The number of benzene rings is 1. The van der Waals surface area contributed by atoms with Gasteiger partial charge in [0.25, 0.3) is 0 Å². The van der Waals surface area contributed by atoms with Crippen molar-refractivity contribution in [2.75, 3.05) is 20.2 Å². The number of para-hydroxylation sites is 1. The smallest absolute Gasteiger partial charge is 0.129 e. The topological polar surface area (TPSA) is 38.5 Å². The zero-order chi connectivity index (χ0) is 15.2. The lowest BCUT2D eigenvalue weighted by Crippen LogP contribution is -2.24. The fourth-order valence-electron chi connectivity index (χ4n) is 1.89. The van der Waals surface area contributed by atoms with Crippen LogP contribution in [0.3, 0.4) is 0 Å². The highest BCUT2D eigenvalue weighted by atomic mass is 79.9. The van der Waals surface area contributed by atoms with E-state index in [0.29, 0.717) is 11.6 Å². The van der Waals surface area contributed by atoms with Gasteiger partial charge in [-0.25, -0.2) is 0 Å². The first-order valence-electron chi connectivity index (χ1n) is 6.49. The number of nitrogens with two attached hydrogens (primary N) is 1. The third kappa shape index (κ3) is 5.07. The van der Waals surface area contributed by atoms with E-state index in [1.165, 1.54) is 4.88 Å². The first kappa shape index (κ1) is 16.4. The van der Waals surface area contributed by atoms with Crippen molar-refractivity contribution in [2.24, 2.45) is 5.73 Å². The van der Waals surface area contributed by atoms with Crippen LogP contribution < -0.4 is 10.5 Å². The maximum atomic E-state index is 5.80. The van der Waals surface area contributed by atoms with E-state index in [4.69, 9.17) is 22.7 Å². The first-order chi connectivity index (χ1) is 10.1. The molecule has 1 aromatic carbocycles. The summed E-state index contributed by atoms with van der Waals surface area (Å²) in [5, 5.41) is 2.10. The van der Waals surface area contributed by atoms with Gasteiger partial charge < -0.3 is 10.5 Å². The van der Waals surface area contributed by atoms with Crippen molar-refractivity contribution in [3.63, 3.8) is 0 Å². The third-order valence-electron chi connectivity index (χ3n) is 2.93. The minimum Gasteiger partial charge on any atom is -0.492 e. The second-order valence-electron chi connectivity index (χ2n) is 4.68. The molecule has 0 atom stereocenters. The number of rotatable bonds is 7. The molecule has 21 heavy (non-hydrogen) atoms. The first-order valence-corrected chi connectivity index (χ1v) is 8.57. The van der Waals surface area contributed by atoms with Gasteiger partial charge in [0, 0.05) is 27.8 Å². The number of ether oxygens (including phenoxy) is 1. The Labute approximate surface area is 142 Å². The monoisotopic (exact) mass is 384 g/mol. The van der Waals surface area contributed by atoms with Gasteiger partial charge in [-0.15, -0.1) is 11.3 Å². The fourth-order valence-corrected chi connectivity index (χ4v) is 3.59. The summed E-state index contributed by atoms with van der Waals surface area (Å²) in [7, 11) is 2.08. The molecule has 0 unspecified atom stereocenters. The van der Waals surface area contributed by atoms with Gasteiger partial charge in [0.05, 0.1) is 5.56 Å². The second-order valence-corrected chi connectivity index (χ2v) is 7.03. The molecule has 0 spiro atoms. The second kappa shape index (κ2) is 7.89. The fraction of sp³-hybridized carbons (Fsp3) is 0.267. The van der Waals surface area contributed by atoms with E-state index >= 15 is 0 Å². The number of hydrogen-bond acceptors (Lipinski definition) is 4. The summed E-state index contributed by atoms with van der Waals surface area (Å²) in [5.74, 6) is 0.747. The summed E-state index contributed by atoms with van der Waals surface area (Å²) in [5.41, 5.74) is 6.48. The molecule has 0 saturated carbocycles. The van der Waals surface area contributed by atoms with E-state index in [2.05, 4.69) is 39.3 Å². The molecule has 0 saturated heterocycles.